The third kappa shape index (κ3) is 1.59. The van der Waals surface area contributed by atoms with Gasteiger partial charge in [-0.25, -0.2) is 9.18 Å². The lowest BCUT2D eigenvalue weighted by atomic mass is 10.0. The van der Waals surface area contributed by atoms with Gasteiger partial charge >= 0.3 is 5.97 Å². The Morgan fingerprint density at radius 3 is 2.64 bits per heavy atom. The predicted molar refractivity (Wildman–Crippen MR) is 43.5 cm³/mol. The molecule has 0 heterocycles. The normalized spacial score (nSPS) is 9.14. The molecular formula is C9H4FNO3. The molecule has 0 aromatic heterocycles. The summed E-state index contributed by atoms with van der Waals surface area (Å²) >= 11 is 0. The van der Waals surface area contributed by atoms with Gasteiger partial charge < -0.3 is 5.11 Å². The van der Waals surface area contributed by atoms with Crippen molar-refractivity contribution in [2.45, 2.75) is 0 Å². The molecule has 0 saturated carbocycles. The molecule has 0 fully saturated rings. The van der Waals surface area contributed by atoms with Crippen molar-refractivity contribution < 1.29 is 19.1 Å². The second kappa shape index (κ2) is 3.66. The van der Waals surface area contributed by atoms with Gasteiger partial charge in [-0.2, -0.15) is 5.26 Å². The number of aromatic carboxylic acids is 1. The molecule has 1 rings (SSSR count). The van der Waals surface area contributed by atoms with Crippen LogP contribution in [0, 0.1) is 17.1 Å². The lowest BCUT2D eigenvalue weighted by Crippen LogP contribution is -2.06. The Bertz CT molecular complexity index is 448. The molecule has 0 radical (unpaired) electrons. The zero-order chi connectivity index (χ0) is 10.7. The van der Waals surface area contributed by atoms with Gasteiger partial charge in [0.2, 0.25) is 0 Å². The zero-order valence-electron chi connectivity index (χ0n) is 6.82. The molecule has 5 heteroatoms. The molecule has 0 aliphatic rings. The van der Waals surface area contributed by atoms with Crippen LogP contribution in [0.5, 0.6) is 0 Å². The van der Waals surface area contributed by atoms with E-state index >= 15 is 0 Å². The Hall–Kier alpha value is -2.22. The maximum Gasteiger partial charge on any atom is 0.339 e. The number of rotatable bonds is 2. The summed E-state index contributed by atoms with van der Waals surface area (Å²) < 4.78 is 13.0. The standard InChI is InChI=1S/C9H4FNO3/c10-7-2-5(3-11)1-6(4-12)8(7)9(13)14/h1-2,4H,(H,13,14). The summed E-state index contributed by atoms with van der Waals surface area (Å²) in [5.41, 5.74) is -1.14. The third-order valence-electron chi connectivity index (χ3n) is 1.59. The van der Waals surface area contributed by atoms with Gasteiger partial charge in [0.05, 0.1) is 11.6 Å². The number of carboxylic acid groups (broad SMARTS) is 1. The lowest BCUT2D eigenvalue weighted by molar-refractivity contribution is 0.0689. The summed E-state index contributed by atoms with van der Waals surface area (Å²) in [4.78, 5) is 20.9. The Balaban J connectivity index is 3.52. The summed E-state index contributed by atoms with van der Waals surface area (Å²) in [5, 5.41) is 17.0. The first-order valence-corrected chi connectivity index (χ1v) is 3.52. The van der Waals surface area contributed by atoms with E-state index in [1.54, 1.807) is 6.07 Å². The van der Waals surface area contributed by atoms with Crippen LogP contribution in [0.1, 0.15) is 26.3 Å². The van der Waals surface area contributed by atoms with Crippen molar-refractivity contribution in [1.82, 2.24) is 0 Å². The summed E-state index contributed by atoms with van der Waals surface area (Å²) in [7, 11) is 0. The summed E-state index contributed by atoms with van der Waals surface area (Å²) in [6.07, 6.45) is 0.202. The number of halogens is 1. The molecule has 1 aromatic rings. The number of carbonyl (C=O) groups excluding carboxylic acids is 1. The molecule has 70 valence electrons. The largest absolute Gasteiger partial charge is 0.478 e. The summed E-state index contributed by atoms with van der Waals surface area (Å²) in [6, 6.07) is 3.42. The maximum absolute atomic E-state index is 13.0. The Morgan fingerprint density at radius 2 is 2.21 bits per heavy atom. The Kier molecular flexibility index (Phi) is 2.58. The molecule has 0 aliphatic heterocycles. The second-order valence-electron chi connectivity index (χ2n) is 2.46. The molecule has 0 aliphatic carbocycles. The van der Waals surface area contributed by atoms with Gasteiger partial charge in [-0.15, -0.1) is 0 Å². The quantitative estimate of drug-likeness (QED) is 0.716. The number of benzene rings is 1. The van der Waals surface area contributed by atoms with Crippen LogP contribution in [0.2, 0.25) is 0 Å². The van der Waals surface area contributed by atoms with E-state index in [0.29, 0.717) is 0 Å². The van der Waals surface area contributed by atoms with Crippen molar-refractivity contribution in [3.05, 3.63) is 34.6 Å². The predicted octanol–water partition coefficient (Wildman–Crippen LogP) is 1.21. The monoisotopic (exact) mass is 193 g/mol. The minimum atomic E-state index is -1.53. The van der Waals surface area contributed by atoms with Crippen LogP contribution in [0.3, 0.4) is 0 Å². The summed E-state index contributed by atoms with van der Waals surface area (Å²) in [5.74, 6) is -2.62. The first-order valence-electron chi connectivity index (χ1n) is 3.52. The fourth-order valence-electron chi connectivity index (χ4n) is 1.01. The number of carbonyl (C=O) groups is 2. The first kappa shape index (κ1) is 9.86. The molecule has 1 N–H and O–H groups in total. The van der Waals surface area contributed by atoms with E-state index in [2.05, 4.69) is 0 Å². The molecule has 0 saturated heterocycles. The molecule has 14 heavy (non-hydrogen) atoms. The maximum atomic E-state index is 13.0. The third-order valence-corrected chi connectivity index (χ3v) is 1.59. The van der Waals surface area contributed by atoms with Crippen LogP contribution in [0.4, 0.5) is 4.39 Å². The minimum Gasteiger partial charge on any atom is -0.478 e. The van der Waals surface area contributed by atoms with E-state index in [1.807, 2.05) is 0 Å². The highest BCUT2D eigenvalue weighted by Crippen LogP contribution is 2.14. The van der Waals surface area contributed by atoms with Crippen molar-refractivity contribution in [3.63, 3.8) is 0 Å². The fraction of sp³-hybridized carbons (Fsp3) is 0. The van der Waals surface area contributed by atoms with Gasteiger partial charge in [0.15, 0.2) is 6.29 Å². The Labute approximate surface area is 78.2 Å². The van der Waals surface area contributed by atoms with Gasteiger partial charge in [-0.1, -0.05) is 0 Å². The number of carboxylic acids is 1. The fourth-order valence-corrected chi connectivity index (χ4v) is 1.01. The molecule has 1 aromatic carbocycles. The van der Waals surface area contributed by atoms with Crippen LogP contribution in [0.25, 0.3) is 0 Å². The number of hydrogen-bond acceptors (Lipinski definition) is 3. The van der Waals surface area contributed by atoms with E-state index in [9.17, 15) is 14.0 Å². The molecule has 0 bridgehead atoms. The van der Waals surface area contributed by atoms with E-state index < -0.39 is 17.3 Å². The first-order chi connectivity index (χ1) is 6.60. The number of aldehydes is 1. The van der Waals surface area contributed by atoms with E-state index in [0.717, 1.165) is 12.1 Å². The average Bonchev–Trinajstić information content (AvgIpc) is 2.15. The highest BCUT2D eigenvalue weighted by molar-refractivity contribution is 5.97. The van der Waals surface area contributed by atoms with Gasteiger partial charge in [0.25, 0.3) is 0 Å². The average molecular weight is 193 g/mol. The van der Waals surface area contributed by atoms with E-state index in [1.165, 1.54) is 0 Å². The van der Waals surface area contributed by atoms with Gasteiger partial charge in [0, 0.05) is 5.56 Å². The van der Waals surface area contributed by atoms with Crippen molar-refractivity contribution in [3.8, 4) is 6.07 Å². The van der Waals surface area contributed by atoms with Crippen molar-refractivity contribution in [2.24, 2.45) is 0 Å². The molecule has 4 nitrogen and oxygen atoms in total. The van der Waals surface area contributed by atoms with Crippen molar-refractivity contribution in [2.75, 3.05) is 0 Å². The van der Waals surface area contributed by atoms with Crippen molar-refractivity contribution in [1.29, 1.82) is 5.26 Å². The summed E-state index contributed by atoms with van der Waals surface area (Å²) in [6.45, 7) is 0. The molecule has 0 spiro atoms. The highest BCUT2D eigenvalue weighted by Gasteiger charge is 2.16. The van der Waals surface area contributed by atoms with E-state index in [-0.39, 0.29) is 17.4 Å². The number of hydrogen-bond donors (Lipinski definition) is 1. The topological polar surface area (TPSA) is 78.2 Å². The minimum absolute atomic E-state index is 0.0883. The smallest absolute Gasteiger partial charge is 0.339 e. The van der Waals surface area contributed by atoms with Crippen LogP contribution in [0.15, 0.2) is 12.1 Å². The SMILES string of the molecule is N#Cc1cc(F)c(C(=O)O)c(C=O)c1. The molecule has 0 amide bonds. The zero-order valence-corrected chi connectivity index (χ0v) is 6.82. The van der Waals surface area contributed by atoms with Crippen LogP contribution in [-0.2, 0) is 0 Å². The van der Waals surface area contributed by atoms with Gasteiger partial charge in [-0.3, -0.25) is 4.79 Å². The second-order valence-corrected chi connectivity index (χ2v) is 2.46. The number of nitrogens with zero attached hydrogens (tertiary/aromatic N) is 1. The molecule has 0 unspecified atom stereocenters. The van der Waals surface area contributed by atoms with Crippen LogP contribution < -0.4 is 0 Å². The number of nitriles is 1. The van der Waals surface area contributed by atoms with Crippen LogP contribution in [-0.4, -0.2) is 17.4 Å². The van der Waals surface area contributed by atoms with Crippen molar-refractivity contribution >= 4 is 12.3 Å². The molecular weight excluding hydrogens is 189 g/mol. The highest BCUT2D eigenvalue weighted by atomic mass is 19.1. The van der Waals surface area contributed by atoms with Crippen LogP contribution >= 0.6 is 0 Å². The lowest BCUT2D eigenvalue weighted by Gasteiger charge is -2.01. The molecule has 0 atom stereocenters. The Morgan fingerprint density at radius 1 is 1.57 bits per heavy atom. The van der Waals surface area contributed by atoms with Gasteiger partial charge in [0.1, 0.15) is 11.4 Å². The van der Waals surface area contributed by atoms with E-state index in [4.69, 9.17) is 10.4 Å². The van der Waals surface area contributed by atoms with Gasteiger partial charge in [-0.05, 0) is 12.1 Å².